The molecule has 5 rings (SSSR count). The zero-order valence-electron chi connectivity index (χ0n) is 21.1. The Morgan fingerprint density at radius 1 is 1.19 bits per heavy atom. The lowest BCUT2D eigenvalue weighted by atomic mass is 10.1. The van der Waals surface area contributed by atoms with Gasteiger partial charge in [-0.3, -0.25) is 14.4 Å². The first kappa shape index (κ1) is 24.3. The number of hydrogen-bond acceptors (Lipinski definition) is 8. The number of nitrogens with zero attached hydrogens (tertiary/aromatic N) is 5. The highest BCUT2D eigenvalue weighted by Gasteiger charge is 2.42. The van der Waals surface area contributed by atoms with E-state index in [2.05, 4.69) is 20.4 Å². The Morgan fingerprint density at radius 3 is 2.70 bits per heavy atom. The van der Waals surface area contributed by atoms with Crippen molar-refractivity contribution >= 4 is 28.9 Å². The van der Waals surface area contributed by atoms with Gasteiger partial charge in [-0.25, -0.2) is 14.8 Å². The number of pyridine rings is 1. The number of carbonyl (C=O) groups excluding carboxylic acids is 2. The standard InChI is InChI=1S/C26H29N7O4/c1-26(2,3)37-25(35)32-14-17(10-20(32)23(34)28-4)33-13-16(12-30-33)15-9-18(22(27)29-11-15)24-31-19-7-5-6-8-21(19)36-24/h5-9,11-13,17,20H,10,14H2,1-4H3,(H2,27,29)(H,28,34). The second-order valence-corrected chi connectivity index (χ2v) is 10.0. The molecule has 0 spiro atoms. The smallest absolute Gasteiger partial charge is 0.411 e. The monoisotopic (exact) mass is 503 g/mol. The molecule has 2 atom stereocenters. The predicted octanol–water partition coefficient (Wildman–Crippen LogP) is 3.63. The molecule has 0 aliphatic carbocycles. The van der Waals surface area contributed by atoms with Crippen LogP contribution in [-0.2, 0) is 9.53 Å². The molecule has 1 aromatic carbocycles. The molecule has 1 fully saturated rings. The van der Waals surface area contributed by atoms with Crippen LogP contribution in [0.25, 0.3) is 33.7 Å². The molecule has 192 valence electrons. The van der Waals surface area contributed by atoms with Crippen LogP contribution in [0.2, 0.25) is 0 Å². The fourth-order valence-electron chi connectivity index (χ4n) is 4.42. The highest BCUT2D eigenvalue weighted by Crippen LogP contribution is 2.33. The van der Waals surface area contributed by atoms with Gasteiger partial charge >= 0.3 is 6.09 Å². The second kappa shape index (κ2) is 9.23. The summed E-state index contributed by atoms with van der Waals surface area (Å²) in [5.41, 5.74) is 9.04. The zero-order valence-corrected chi connectivity index (χ0v) is 21.1. The van der Waals surface area contributed by atoms with Crippen molar-refractivity contribution < 1.29 is 18.7 Å². The average molecular weight is 504 g/mol. The van der Waals surface area contributed by atoms with Crippen molar-refractivity contribution in [3.05, 3.63) is 48.9 Å². The van der Waals surface area contributed by atoms with E-state index in [4.69, 9.17) is 14.9 Å². The quantitative estimate of drug-likeness (QED) is 0.430. The lowest BCUT2D eigenvalue weighted by molar-refractivity contribution is -0.125. The number of rotatable bonds is 4. The van der Waals surface area contributed by atoms with Crippen LogP contribution in [0, 0.1) is 0 Å². The van der Waals surface area contributed by atoms with Crippen LogP contribution in [-0.4, -0.2) is 61.9 Å². The Balaban J connectivity index is 1.41. The minimum Gasteiger partial charge on any atom is -0.444 e. The van der Waals surface area contributed by atoms with Gasteiger partial charge in [0.2, 0.25) is 11.8 Å². The lowest BCUT2D eigenvalue weighted by Gasteiger charge is -2.27. The molecule has 11 nitrogen and oxygen atoms in total. The summed E-state index contributed by atoms with van der Waals surface area (Å²) in [5.74, 6) is 0.448. The number of likely N-dealkylation sites (N-methyl/N-ethyl adjacent to an activating group) is 1. The number of carbonyl (C=O) groups is 2. The molecule has 1 aliphatic heterocycles. The number of nitrogens with two attached hydrogens (primary N) is 1. The van der Waals surface area contributed by atoms with Crippen LogP contribution in [0.15, 0.2) is 53.3 Å². The highest BCUT2D eigenvalue weighted by molar-refractivity contribution is 5.86. The summed E-state index contributed by atoms with van der Waals surface area (Å²) in [6.07, 6.45) is 5.13. The molecule has 4 heterocycles. The third kappa shape index (κ3) is 4.84. The molecular formula is C26H29N7O4. The first-order chi connectivity index (χ1) is 17.6. The van der Waals surface area contributed by atoms with Crippen molar-refractivity contribution in [2.75, 3.05) is 19.3 Å². The van der Waals surface area contributed by atoms with Crippen molar-refractivity contribution in [2.24, 2.45) is 0 Å². The van der Waals surface area contributed by atoms with Crippen LogP contribution in [0.3, 0.4) is 0 Å². The van der Waals surface area contributed by atoms with Gasteiger partial charge in [0.1, 0.15) is 23.0 Å². The number of amides is 2. The molecular weight excluding hydrogens is 474 g/mol. The number of hydrogen-bond donors (Lipinski definition) is 2. The maximum Gasteiger partial charge on any atom is 0.411 e. The van der Waals surface area contributed by atoms with Crippen LogP contribution in [0.1, 0.15) is 33.2 Å². The number of anilines is 1. The van der Waals surface area contributed by atoms with Gasteiger partial charge in [-0.15, -0.1) is 0 Å². The van der Waals surface area contributed by atoms with Crippen LogP contribution < -0.4 is 11.1 Å². The SMILES string of the molecule is CNC(=O)C1CC(n2cc(-c3cnc(N)c(-c4nc5ccccc5o4)c3)cn2)CN1C(=O)OC(C)(C)C. The molecule has 11 heteroatoms. The average Bonchev–Trinajstić information content (AvgIpc) is 3.60. The summed E-state index contributed by atoms with van der Waals surface area (Å²) >= 11 is 0. The maximum atomic E-state index is 12.8. The number of nitrogen functional groups attached to an aromatic ring is 1. The zero-order chi connectivity index (χ0) is 26.3. The number of fused-ring (bicyclic) bond motifs is 1. The Kier molecular flexibility index (Phi) is 6.06. The van der Waals surface area contributed by atoms with Crippen molar-refractivity contribution in [3.63, 3.8) is 0 Å². The maximum absolute atomic E-state index is 12.8. The summed E-state index contributed by atoms with van der Waals surface area (Å²) in [7, 11) is 1.55. The second-order valence-electron chi connectivity index (χ2n) is 10.0. The van der Waals surface area contributed by atoms with Gasteiger partial charge in [-0.2, -0.15) is 5.10 Å². The Hall–Kier alpha value is -4.41. The molecule has 37 heavy (non-hydrogen) atoms. The van der Waals surface area contributed by atoms with E-state index >= 15 is 0 Å². The van der Waals surface area contributed by atoms with E-state index in [0.717, 1.165) is 16.6 Å². The van der Waals surface area contributed by atoms with Gasteiger partial charge in [0.05, 0.1) is 17.8 Å². The van der Waals surface area contributed by atoms with E-state index in [0.29, 0.717) is 35.8 Å². The number of oxazole rings is 1. The number of benzene rings is 1. The minimum absolute atomic E-state index is 0.207. The summed E-state index contributed by atoms with van der Waals surface area (Å²) in [6.45, 7) is 5.68. The first-order valence-electron chi connectivity index (χ1n) is 12.0. The van der Waals surface area contributed by atoms with Crippen molar-refractivity contribution in [1.82, 2.24) is 30.0 Å². The summed E-state index contributed by atoms with van der Waals surface area (Å²) in [4.78, 5) is 35.7. The molecule has 2 amide bonds. The number of nitrogens with one attached hydrogen (secondary N) is 1. The van der Waals surface area contributed by atoms with Gasteiger partial charge in [0, 0.05) is 43.5 Å². The molecule has 4 aromatic rings. The number of aromatic nitrogens is 4. The lowest BCUT2D eigenvalue weighted by Crippen LogP contribution is -2.46. The molecule has 0 saturated carbocycles. The number of para-hydroxylation sites is 2. The number of likely N-dealkylation sites (tertiary alicyclic amines) is 1. The molecule has 3 N–H and O–H groups in total. The molecule has 1 aliphatic rings. The Bertz CT molecular complexity index is 1440. The summed E-state index contributed by atoms with van der Waals surface area (Å²) in [6, 6.07) is 8.49. The number of ether oxygens (including phenoxy) is 1. The van der Waals surface area contributed by atoms with Crippen LogP contribution in [0.5, 0.6) is 0 Å². The predicted molar refractivity (Wildman–Crippen MR) is 137 cm³/mol. The Labute approximate surface area is 213 Å². The van der Waals surface area contributed by atoms with E-state index in [1.807, 2.05) is 36.5 Å². The van der Waals surface area contributed by atoms with Gasteiger partial charge in [-0.05, 0) is 39.0 Å². The largest absolute Gasteiger partial charge is 0.444 e. The van der Waals surface area contributed by atoms with Crippen molar-refractivity contribution in [1.29, 1.82) is 0 Å². The molecule has 0 radical (unpaired) electrons. The van der Waals surface area contributed by atoms with E-state index in [9.17, 15) is 9.59 Å². The van der Waals surface area contributed by atoms with Crippen LogP contribution in [0.4, 0.5) is 10.6 Å². The van der Waals surface area contributed by atoms with Gasteiger partial charge in [-0.1, -0.05) is 12.1 Å². The van der Waals surface area contributed by atoms with Gasteiger partial charge in [0.25, 0.3) is 0 Å². The van der Waals surface area contributed by atoms with Crippen molar-refractivity contribution in [2.45, 2.75) is 44.9 Å². The third-order valence-corrected chi connectivity index (χ3v) is 6.21. The van der Waals surface area contributed by atoms with Crippen LogP contribution >= 0.6 is 0 Å². The summed E-state index contributed by atoms with van der Waals surface area (Å²) in [5, 5.41) is 7.17. The minimum atomic E-state index is -0.671. The first-order valence-corrected chi connectivity index (χ1v) is 12.0. The van der Waals surface area contributed by atoms with E-state index in [1.54, 1.807) is 44.9 Å². The van der Waals surface area contributed by atoms with E-state index in [-0.39, 0.29) is 11.9 Å². The van der Waals surface area contributed by atoms with Gasteiger partial charge < -0.3 is 20.2 Å². The third-order valence-electron chi connectivity index (χ3n) is 6.21. The molecule has 2 unspecified atom stereocenters. The van der Waals surface area contributed by atoms with E-state index in [1.165, 1.54) is 4.90 Å². The van der Waals surface area contributed by atoms with Crippen molar-refractivity contribution in [3.8, 4) is 22.6 Å². The van der Waals surface area contributed by atoms with Gasteiger partial charge in [0.15, 0.2) is 5.58 Å². The fraction of sp³-hybridized carbons (Fsp3) is 0.346. The molecule has 1 saturated heterocycles. The topological polar surface area (TPSA) is 141 Å². The Morgan fingerprint density at radius 2 is 1.97 bits per heavy atom. The van der Waals surface area contributed by atoms with E-state index < -0.39 is 17.7 Å². The fourth-order valence-corrected chi connectivity index (χ4v) is 4.42. The molecule has 3 aromatic heterocycles. The highest BCUT2D eigenvalue weighted by atomic mass is 16.6. The summed E-state index contributed by atoms with van der Waals surface area (Å²) < 4.78 is 13.2. The normalized spacial score (nSPS) is 17.8. The molecule has 0 bridgehead atoms.